The van der Waals surface area contributed by atoms with Gasteiger partial charge in [-0.1, -0.05) is 0 Å². The highest BCUT2D eigenvalue weighted by Gasteiger charge is 2.32. The number of carbonyl (C=O) groups excluding carboxylic acids is 2. The third-order valence-electron chi connectivity index (χ3n) is 5.30. The summed E-state index contributed by atoms with van der Waals surface area (Å²) in [4.78, 5) is 37.1. The molecule has 0 spiro atoms. The molecule has 1 atom stereocenters. The standard InChI is InChI=1S/C18H27N5O2/c1-13(24)23-9-3-4-16(23)18(25)21-12-15-17(20-8-7-19-15)14-5-10-22(2)11-6-14/h7-8,14,16H,3-6,9-12H2,1-2H3,(H,21,25)/t16-/m1/s1. The van der Waals surface area contributed by atoms with Gasteiger partial charge in [0.2, 0.25) is 11.8 Å². The summed E-state index contributed by atoms with van der Waals surface area (Å²) in [5.41, 5.74) is 1.85. The zero-order chi connectivity index (χ0) is 17.8. The number of hydrogen-bond acceptors (Lipinski definition) is 5. The van der Waals surface area contributed by atoms with Crippen molar-refractivity contribution in [1.82, 2.24) is 25.1 Å². The van der Waals surface area contributed by atoms with Crippen molar-refractivity contribution < 1.29 is 9.59 Å². The van der Waals surface area contributed by atoms with Crippen molar-refractivity contribution in [3.05, 3.63) is 23.8 Å². The number of aromatic nitrogens is 2. The van der Waals surface area contributed by atoms with Crippen LogP contribution in [0.25, 0.3) is 0 Å². The molecule has 25 heavy (non-hydrogen) atoms. The second kappa shape index (κ2) is 7.91. The lowest BCUT2D eigenvalue weighted by Crippen LogP contribution is -2.45. The Kier molecular flexibility index (Phi) is 5.63. The normalized spacial score (nSPS) is 22.2. The molecule has 2 aliphatic heterocycles. The third-order valence-corrected chi connectivity index (χ3v) is 5.30. The molecule has 2 aliphatic rings. The number of nitrogens with zero attached hydrogens (tertiary/aromatic N) is 4. The van der Waals surface area contributed by atoms with Gasteiger partial charge in [-0.3, -0.25) is 19.6 Å². The Hall–Kier alpha value is -2.02. The van der Waals surface area contributed by atoms with E-state index < -0.39 is 0 Å². The van der Waals surface area contributed by atoms with Gasteiger partial charge in [-0.15, -0.1) is 0 Å². The van der Waals surface area contributed by atoms with Crippen LogP contribution in [0.1, 0.15) is 49.9 Å². The molecular formula is C18H27N5O2. The van der Waals surface area contributed by atoms with Crippen molar-refractivity contribution in [2.45, 2.75) is 51.1 Å². The van der Waals surface area contributed by atoms with Crippen LogP contribution in [-0.4, -0.2) is 64.3 Å². The SMILES string of the molecule is CC(=O)N1CCC[C@@H]1C(=O)NCc1nccnc1C1CCN(C)CC1. The maximum Gasteiger partial charge on any atom is 0.243 e. The number of piperidine rings is 1. The Labute approximate surface area is 148 Å². The van der Waals surface area contributed by atoms with Crippen molar-refractivity contribution in [3.8, 4) is 0 Å². The molecule has 7 nitrogen and oxygen atoms in total. The molecule has 1 aromatic heterocycles. The van der Waals surface area contributed by atoms with E-state index >= 15 is 0 Å². The van der Waals surface area contributed by atoms with E-state index in [9.17, 15) is 9.59 Å². The average molecular weight is 345 g/mol. The van der Waals surface area contributed by atoms with Gasteiger partial charge >= 0.3 is 0 Å². The molecule has 0 saturated carbocycles. The topological polar surface area (TPSA) is 78.4 Å². The summed E-state index contributed by atoms with van der Waals surface area (Å²) in [7, 11) is 2.14. The van der Waals surface area contributed by atoms with E-state index in [1.165, 1.54) is 6.92 Å². The molecule has 7 heteroatoms. The number of hydrogen-bond donors (Lipinski definition) is 1. The Morgan fingerprint density at radius 2 is 1.88 bits per heavy atom. The summed E-state index contributed by atoms with van der Waals surface area (Å²) in [5, 5.41) is 2.97. The third kappa shape index (κ3) is 4.15. The van der Waals surface area contributed by atoms with E-state index in [-0.39, 0.29) is 17.9 Å². The summed E-state index contributed by atoms with van der Waals surface area (Å²) in [6.07, 6.45) is 7.15. The summed E-state index contributed by atoms with van der Waals surface area (Å²) in [6, 6.07) is -0.346. The molecule has 1 N–H and O–H groups in total. The molecule has 136 valence electrons. The van der Waals surface area contributed by atoms with Crippen LogP contribution >= 0.6 is 0 Å². The molecule has 0 aromatic carbocycles. The summed E-state index contributed by atoms with van der Waals surface area (Å²) in [6.45, 7) is 4.67. The van der Waals surface area contributed by atoms with E-state index in [1.807, 2.05) is 0 Å². The first kappa shape index (κ1) is 17.8. The van der Waals surface area contributed by atoms with Gasteiger partial charge in [-0.2, -0.15) is 0 Å². The van der Waals surface area contributed by atoms with E-state index in [0.717, 1.165) is 50.2 Å². The zero-order valence-corrected chi connectivity index (χ0v) is 15.1. The lowest BCUT2D eigenvalue weighted by Gasteiger charge is -2.29. The lowest BCUT2D eigenvalue weighted by molar-refractivity contribution is -0.136. The van der Waals surface area contributed by atoms with Gasteiger partial charge in [0.1, 0.15) is 6.04 Å². The van der Waals surface area contributed by atoms with Crippen LogP contribution < -0.4 is 5.32 Å². The molecule has 2 amide bonds. The lowest BCUT2D eigenvalue weighted by atomic mass is 9.92. The molecular weight excluding hydrogens is 318 g/mol. The van der Waals surface area contributed by atoms with E-state index in [0.29, 0.717) is 19.0 Å². The molecule has 3 rings (SSSR count). The largest absolute Gasteiger partial charge is 0.349 e. The predicted octanol–water partition coefficient (Wildman–Crippen LogP) is 0.913. The summed E-state index contributed by atoms with van der Waals surface area (Å²) in [5.74, 6) is 0.272. The molecule has 2 fully saturated rings. The first-order valence-electron chi connectivity index (χ1n) is 9.09. The van der Waals surface area contributed by atoms with Gasteiger partial charge in [-0.05, 0) is 45.8 Å². The summed E-state index contributed by atoms with van der Waals surface area (Å²) < 4.78 is 0. The first-order valence-corrected chi connectivity index (χ1v) is 9.09. The smallest absolute Gasteiger partial charge is 0.243 e. The van der Waals surface area contributed by atoms with Gasteiger partial charge in [0, 0.05) is 31.8 Å². The van der Waals surface area contributed by atoms with Crippen molar-refractivity contribution in [3.63, 3.8) is 0 Å². The quantitative estimate of drug-likeness (QED) is 0.878. The first-order chi connectivity index (χ1) is 12.1. The van der Waals surface area contributed by atoms with E-state index in [1.54, 1.807) is 17.3 Å². The van der Waals surface area contributed by atoms with Crippen LogP contribution in [0, 0.1) is 0 Å². The molecule has 0 aliphatic carbocycles. The second-order valence-electron chi connectivity index (χ2n) is 7.05. The number of rotatable bonds is 4. The second-order valence-corrected chi connectivity index (χ2v) is 7.05. The van der Waals surface area contributed by atoms with Gasteiger partial charge in [0.15, 0.2) is 0 Å². The van der Waals surface area contributed by atoms with Crippen LogP contribution in [0.4, 0.5) is 0 Å². The minimum Gasteiger partial charge on any atom is -0.349 e. The van der Waals surface area contributed by atoms with Crippen molar-refractivity contribution in [2.75, 3.05) is 26.7 Å². The highest BCUT2D eigenvalue weighted by molar-refractivity contribution is 5.87. The Morgan fingerprint density at radius 1 is 1.16 bits per heavy atom. The maximum absolute atomic E-state index is 12.5. The van der Waals surface area contributed by atoms with Crippen LogP contribution in [0.2, 0.25) is 0 Å². The van der Waals surface area contributed by atoms with Crippen LogP contribution in [-0.2, 0) is 16.1 Å². The molecule has 0 bridgehead atoms. The van der Waals surface area contributed by atoms with Gasteiger partial charge in [0.05, 0.1) is 17.9 Å². The van der Waals surface area contributed by atoms with Crippen LogP contribution in [0.5, 0.6) is 0 Å². The van der Waals surface area contributed by atoms with E-state index in [2.05, 4.69) is 27.2 Å². The minimum absolute atomic E-state index is 0.0378. The van der Waals surface area contributed by atoms with Crippen molar-refractivity contribution >= 4 is 11.8 Å². The average Bonchev–Trinajstić information content (AvgIpc) is 3.11. The Balaban J connectivity index is 1.63. The van der Waals surface area contributed by atoms with E-state index in [4.69, 9.17) is 0 Å². The number of nitrogens with one attached hydrogen (secondary N) is 1. The fourth-order valence-corrected chi connectivity index (χ4v) is 3.84. The molecule has 0 unspecified atom stereocenters. The Morgan fingerprint density at radius 3 is 2.60 bits per heavy atom. The fourth-order valence-electron chi connectivity index (χ4n) is 3.84. The summed E-state index contributed by atoms with van der Waals surface area (Å²) >= 11 is 0. The van der Waals surface area contributed by atoms with Gasteiger partial charge in [0.25, 0.3) is 0 Å². The van der Waals surface area contributed by atoms with Crippen LogP contribution in [0.15, 0.2) is 12.4 Å². The highest BCUT2D eigenvalue weighted by Crippen LogP contribution is 2.27. The predicted molar refractivity (Wildman–Crippen MR) is 93.8 cm³/mol. The number of likely N-dealkylation sites (tertiary alicyclic amines) is 2. The van der Waals surface area contributed by atoms with Crippen molar-refractivity contribution in [2.24, 2.45) is 0 Å². The fraction of sp³-hybridized carbons (Fsp3) is 0.667. The molecule has 1 aromatic rings. The Bertz CT molecular complexity index is 628. The monoisotopic (exact) mass is 345 g/mol. The maximum atomic E-state index is 12.5. The van der Waals surface area contributed by atoms with Gasteiger partial charge in [-0.25, -0.2) is 0 Å². The van der Waals surface area contributed by atoms with Crippen LogP contribution in [0.3, 0.4) is 0 Å². The number of carbonyl (C=O) groups is 2. The van der Waals surface area contributed by atoms with Crippen molar-refractivity contribution in [1.29, 1.82) is 0 Å². The molecule has 0 radical (unpaired) electrons. The zero-order valence-electron chi connectivity index (χ0n) is 15.1. The molecule has 3 heterocycles. The van der Waals surface area contributed by atoms with Gasteiger partial charge < -0.3 is 15.1 Å². The number of amides is 2. The minimum atomic E-state index is -0.346. The highest BCUT2D eigenvalue weighted by atomic mass is 16.2. The molecule has 2 saturated heterocycles.